The van der Waals surface area contributed by atoms with Gasteiger partial charge in [-0.25, -0.2) is 27.5 Å². The second-order valence-electron chi connectivity index (χ2n) is 10.9. The smallest absolute Gasteiger partial charge is 0.490 e. The Kier molecular flexibility index (Phi) is 16.0. The third-order valence-corrected chi connectivity index (χ3v) is 8.38. The molecule has 0 bridgehead atoms. The van der Waals surface area contributed by atoms with Crippen molar-refractivity contribution < 1.29 is 73.9 Å². The number of carbonyl (C=O) groups is 3. The molecule has 1 aliphatic rings. The molecule has 8 N–H and O–H groups in total. The van der Waals surface area contributed by atoms with Crippen LogP contribution in [-0.4, -0.2) is 91.7 Å². The van der Waals surface area contributed by atoms with Gasteiger partial charge in [0.2, 0.25) is 10.0 Å². The molecule has 1 saturated heterocycles. The molecule has 0 spiro atoms. The van der Waals surface area contributed by atoms with E-state index in [2.05, 4.69) is 10.0 Å². The number of carboxylic acids is 3. The largest absolute Gasteiger partial charge is 0.492 e. The molecular weight excluding hydrogens is 746 g/mol. The summed E-state index contributed by atoms with van der Waals surface area (Å²) in [6, 6.07) is 18.8. The Bertz CT molecular complexity index is 1790. The number of carboxylic acid groups (broad SMARTS) is 3. The molecule has 0 aliphatic carbocycles. The van der Waals surface area contributed by atoms with Crippen LogP contribution in [0.25, 0.3) is 0 Å². The number of alkyl halides is 6. The molecule has 14 nitrogen and oxygen atoms in total. The molecule has 0 aromatic heterocycles. The number of hydrogen-bond donors (Lipinski definition) is 7. The van der Waals surface area contributed by atoms with Crippen LogP contribution in [0.2, 0.25) is 0 Å². The molecule has 0 radical (unpaired) electrons. The molecule has 1 atom stereocenters. The summed E-state index contributed by atoms with van der Waals surface area (Å²) in [4.78, 5) is 29.1. The number of rotatable bonds is 12. The summed E-state index contributed by atoms with van der Waals surface area (Å²) in [5.41, 5.74) is 6.57. The van der Waals surface area contributed by atoms with Crippen LogP contribution in [0.3, 0.4) is 0 Å². The standard InChI is InChI=1S/C28H32N4O6S.2C2HF3O2/c29-27(30)20-4-3-5-24(17-20)37-18-21(32-39(35,36)26-7-2-1-6-25(26)28(33)34)16-19-8-10-22(11-9-19)38-23-12-14-31-15-13-23;2*3-2(4,5)1(6)7/h1-11,17,21,23,31-32H,12-16,18H2,(H3,29,30)(H,33,34);2*(H,6,7)/t21-;;/m0../s1. The maximum atomic E-state index is 13.3. The second-order valence-corrected chi connectivity index (χ2v) is 12.6. The first-order valence-corrected chi connectivity index (χ1v) is 16.6. The fourth-order valence-electron chi connectivity index (χ4n) is 4.34. The summed E-state index contributed by atoms with van der Waals surface area (Å²) in [5.74, 6) is -5.80. The lowest BCUT2D eigenvalue weighted by molar-refractivity contribution is -0.193. The normalized spacial score (nSPS) is 13.9. The van der Waals surface area contributed by atoms with E-state index in [4.69, 9.17) is 40.4 Å². The van der Waals surface area contributed by atoms with Gasteiger partial charge in [0.15, 0.2) is 0 Å². The van der Waals surface area contributed by atoms with E-state index in [1.54, 1.807) is 24.3 Å². The molecule has 3 aromatic carbocycles. The zero-order valence-electron chi connectivity index (χ0n) is 27.3. The van der Waals surface area contributed by atoms with E-state index in [0.29, 0.717) is 11.3 Å². The maximum absolute atomic E-state index is 13.3. The molecule has 3 aromatic rings. The van der Waals surface area contributed by atoms with Crippen molar-refractivity contribution in [1.29, 1.82) is 5.41 Å². The lowest BCUT2D eigenvalue weighted by Crippen LogP contribution is -2.41. The number of nitrogens with two attached hydrogens (primary N) is 1. The van der Waals surface area contributed by atoms with Gasteiger partial charge in [-0.15, -0.1) is 0 Å². The van der Waals surface area contributed by atoms with E-state index < -0.39 is 46.3 Å². The molecule has 1 fully saturated rings. The summed E-state index contributed by atoms with van der Waals surface area (Å²) < 4.78 is 105. The van der Waals surface area contributed by atoms with Gasteiger partial charge in [0.25, 0.3) is 0 Å². The van der Waals surface area contributed by atoms with Gasteiger partial charge in [-0.2, -0.15) is 26.3 Å². The van der Waals surface area contributed by atoms with Crippen molar-refractivity contribution in [2.45, 2.75) is 48.7 Å². The average Bonchev–Trinajstić information content (AvgIpc) is 3.08. The monoisotopic (exact) mass is 780 g/mol. The number of benzene rings is 3. The van der Waals surface area contributed by atoms with Crippen LogP contribution in [0.15, 0.2) is 77.7 Å². The minimum atomic E-state index is -5.08. The van der Waals surface area contributed by atoms with Gasteiger partial charge in [0, 0.05) is 5.56 Å². The van der Waals surface area contributed by atoms with Gasteiger partial charge >= 0.3 is 30.3 Å². The van der Waals surface area contributed by atoms with E-state index in [0.717, 1.165) is 37.2 Å². The van der Waals surface area contributed by atoms with Gasteiger partial charge in [-0.1, -0.05) is 36.4 Å². The second kappa shape index (κ2) is 19.4. The van der Waals surface area contributed by atoms with Crippen LogP contribution < -0.4 is 25.2 Å². The van der Waals surface area contributed by atoms with Crippen molar-refractivity contribution in [2.24, 2.45) is 5.73 Å². The fraction of sp³-hybridized carbons (Fsp3) is 0.312. The number of hydrogen-bond acceptors (Lipinski definition) is 9. The number of nitrogen functional groups attached to an aromatic ring is 1. The summed E-state index contributed by atoms with van der Waals surface area (Å²) in [7, 11) is -4.20. The van der Waals surface area contributed by atoms with E-state index in [-0.39, 0.29) is 35.4 Å². The lowest BCUT2D eigenvalue weighted by Gasteiger charge is -2.24. The first-order valence-electron chi connectivity index (χ1n) is 15.1. The molecular formula is C32H34F6N4O10S. The first kappa shape index (κ1) is 43.8. The third kappa shape index (κ3) is 15.4. The Morgan fingerprint density at radius 2 is 1.42 bits per heavy atom. The van der Waals surface area contributed by atoms with E-state index >= 15 is 0 Å². The highest BCUT2D eigenvalue weighted by atomic mass is 32.2. The van der Waals surface area contributed by atoms with Crippen LogP contribution in [0.5, 0.6) is 11.5 Å². The number of sulfonamides is 1. The van der Waals surface area contributed by atoms with Crippen molar-refractivity contribution in [2.75, 3.05) is 19.7 Å². The minimum Gasteiger partial charge on any atom is -0.492 e. The minimum absolute atomic E-state index is 0.0524. The summed E-state index contributed by atoms with van der Waals surface area (Å²) in [5, 5.41) is 34.7. The Labute approximate surface area is 298 Å². The molecule has 0 unspecified atom stereocenters. The molecule has 4 rings (SSSR count). The highest BCUT2D eigenvalue weighted by Crippen LogP contribution is 2.21. The first-order chi connectivity index (χ1) is 24.6. The van der Waals surface area contributed by atoms with Gasteiger partial charge in [0.1, 0.15) is 30.0 Å². The van der Waals surface area contributed by atoms with Gasteiger partial charge in [0.05, 0.1) is 16.5 Å². The molecule has 21 heteroatoms. The summed E-state index contributed by atoms with van der Waals surface area (Å²) in [6.07, 6.45) is -7.86. The van der Waals surface area contributed by atoms with Crippen LogP contribution in [0.4, 0.5) is 26.3 Å². The number of amidine groups is 1. The summed E-state index contributed by atoms with van der Waals surface area (Å²) >= 11 is 0. The number of halogens is 6. The van der Waals surface area contributed by atoms with Gasteiger partial charge < -0.3 is 35.8 Å². The number of aliphatic carboxylic acids is 2. The van der Waals surface area contributed by atoms with Crippen LogP contribution >= 0.6 is 0 Å². The van der Waals surface area contributed by atoms with Crippen LogP contribution in [0.1, 0.15) is 34.3 Å². The van der Waals surface area contributed by atoms with Crippen molar-refractivity contribution in [3.05, 3.63) is 89.5 Å². The Morgan fingerprint density at radius 3 is 1.92 bits per heavy atom. The zero-order valence-corrected chi connectivity index (χ0v) is 28.1. The number of nitrogens with one attached hydrogen (secondary N) is 3. The predicted molar refractivity (Wildman–Crippen MR) is 175 cm³/mol. The Balaban J connectivity index is 0.000000587. The maximum Gasteiger partial charge on any atom is 0.490 e. The van der Waals surface area contributed by atoms with E-state index in [9.17, 15) is 44.7 Å². The molecule has 0 saturated carbocycles. The van der Waals surface area contributed by atoms with Crippen molar-refractivity contribution >= 4 is 33.8 Å². The number of aromatic carboxylic acids is 1. The van der Waals surface area contributed by atoms with E-state index in [1.807, 2.05) is 24.3 Å². The zero-order chi connectivity index (χ0) is 40.0. The molecule has 53 heavy (non-hydrogen) atoms. The molecule has 290 valence electrons. The SMILES string of the molecule is N=C(N)c1cccc(OC[C@H](Cc2ccc(OC3CCNCC3)cc2)NS(=O)(=O)c2ccccc2C(=O)O)c1.O=C(O)C(F)(F)F.O=C(O)C(F)(F)F. The number of piperidine rings is 1. The topological polar surface area (TPSA) is 238 Å². The Hall–Kier alpha value is -5.41. The predicted octanol–water partition coefficient (Wildman–Crippen LogP) is 4.03. The fourth-order valence-corrected chi connectivity index (χ4v) is 5.76. The highest BCUT2D eigenvalue weighted by Gasteiger charge is 2.39. The number of ether oxygens (including phenoxy) is 2. The van der Waals surface area contributed by atoms with E-state index in [1.165, 1.54) is 24.3 Å². The van der Waals surface area contributed by atoms with Crippen molar-refractivity contribution in [3.8, 4) is 11.5 Å². The average molecular weight is 781 g/mol. The van der Waals surface area contributed by atoms with Crippen molar-refractivity contribution in [3.63, 3.8) is 0 Å². The van der Waals surface area contributed by atoms with Crippen molar-refractivity contribution in [1.82, 2.24) is 10.0 Å². The molecule has 0 amide bonds. The van der Waals surface area contributed by atoms with Crippen LogP contribution in [-0.2, 0) is 26.0 Å². The van der Waals surface area contributed by atoms with Gasteiger partial charge in [-0.3, -0.25) is 5.41 Å². The highest BCUT2D eigenvalue weighted by molar-refractivity contribution is 7.89. The third-order valence-electron chi connectivity index (χ3n) is 6.80. The summed E-state index contributed by atoms with van der Waals surface area (Å²) in [6.45, 7) is 1.79. The molecule has 1 aliphatic heterocycles. The molecule has 1 heterocycles. The Morgan fingerprint density at radius 1 is 0.868 bits per heavy atom. The lowest BCUT2D eigenvalue weighted by atomic mass is 10.1. The van der Waals surface area contributed by atoms with Gasteiger partial charge in [-0.05, 0) is 74.3 Å². The quantitative estimate of drug-likeness (QED) is 0.0784. The van der Waals surface area contributed by atoms with Crippen LogP contribution in [0, 0.1) is 5.41 Å².